The number of aromatic nitrogens is 2. The zero-order valence-electron chi connectivity index (χ0n) is 12.0. The maximum absolute atomic E-state index is 12.4. The topological polar surface area (TPSA) is 66.9 Å². The number of hydrogen-bond acceptors (Lipinski definition) is 5. The van der Waals surface area contributed by atoms with Gasteiger partial charge in [0.15, 0.2) is 5.13 Å². The molecule has 1 aliphatic carbocycles. The lowest BCUT2D eigenvalue weighted by molar-refractivity contribution is 0.102. The number of carbonyl (C=O) groups excluding carboxylic acids is 1. The van der Waals surface area contributed by atoms with E-state index in [1.54, 1.807) is 23.7 Å². The first-order valence-corrected chi connectivity index (χ1v) is 8.07. The number of pyridine rings is 1. The summed E-state index contributed by atoms with van der Waals surface area (Å²) < 4.78 is 0. The fourth-order valence-corrected chi connectivity index (χ4v) is 3.53. The molecule has 0 saturated heterocycles. The third-order valence-corrected chi connectivity index (χ3v) is 4.57. The number of thiazole rings is 1. The molecule has 0 radical (unpaired) electrons. The fourth-order valence-electron chi connectivity index (χ4n) is 2.49. The SMILES string of the molecule is CCNc1ccncc1C(=O)Nc1nc2c(s1)CCCC2. The van der Waals surface area contributed by atoms with E-state index in [9.17, 15) is 4.79 Å². The molecule has 0 bridgehead atoms. The van der Waals surface area contributed by atoms with Crippen molar-refractivity contribution in [2.45, 2.75) is 32.6 Å². The van der Waals surface area contributed by atoms with Gasteiger partial charge in [-0.05, 0) is 38.7 Å². The molecule has 0 atom stereocenters. The van der Waals surface area contributed by atoms with E-state index in [1.165, 1.54) is 17.7 Å². The molecule has 5 nitrogen and oxygen atoms in total. The second-order valence-corrected chi connectivity index (χ2v) is 6.09. The molecule has 1 amide bonds. The molecule has 0 aromatic carbocycles. The van der Waals surface area contributed by atoms with Crippen LogP contribution >= 0.6 is 11.3 Å². The molecule has 0 fully saturated rings. The average molecular weight is 302 g/mol. The van der Waals surface area contributed by atoms with Gasteiger partial charge in [-0.1, -0.05) is 0 Å². The van der Waals surface area contributed by atoms with Crippen LogP contribution in [-0.2, 0) is 12.8 Å². The van der Waals surface area contributed by atoms with Gasteiger partial charge in [-0.2, -0.15) is 0 Å². The Bertz CT molecular complexity index is 629. The van der Waals surface area contributed by atoms with Crippen LogP contribution in [0, 0.1) is 0 Å². The number of carbonyl (C=O) groups is 1. The molecule has 0 saturated carbocycles. The average Bonchev–Trinajstić information content (AvgIpc) is 2.90. The highest BCUT2D eigenvalue weighted by molar-refractivity contribution is 7.15. The Morgan fingerprint density at radius 1 is 1.38 bits per heavy atom. The molecule has 110 valence electrons. The molecule has 2 heterocycles. The lowest BCUT2D eigenvalue weighted by Crippen LogP contribution is -2.15. The van der Waals surface area contributed by atoms with E-state index in [-0.39, 0.29) is 5.91 Å². The van der Waals surface area contributed by atoms with Crippen molar-refractivity contribution in [1.82, 2.24) is 9.97 Å². The summed E-state index contributed by atoms with van der Waals surface area (Å²) in [5.74, 6) is -0.162. The molecule has 0 spiro atoms. The standard InChI is InChI=1S/C15H18N4OS/c1-2-17-11-7-8-16-9-10(11)14(20)19-15-18-12-5-3-4-6-13(12)21-15/h7-9H,2-6H2,1H3,(H,16,17)(H,18,19,20). The summed E-state index contributed by atoms with van der Waals surface area (Å²) in [6, 6.07) is 1.81. The van der Waals surface area contributed by atoms with Crippen LogP contribution in [0.15, 0.2) is 18.5 Å². The van der Waals surface area contributed by atoms with E-state index >= 15 is 0 Å². The Kier molecular flexibility index (Phi) is 4.15. The highest BCUT2D eigenvalue weighted by Gasteiger charge is 2.18. The number of hydrogen-bond donors (Lipinski definition) is 2. The Hall–Kier alpha value is -1.95. The lowest BCUT2D eigenvalue weighted by atomic mass is 10.0. The molecule has 2 aromatic rings. The number of amides is 1. The van der Waals surface area contributed by atoms with Crippen molar-refractivity contribution in [3.8, 4) is 0 Å². The van der Waals surface area contributed by atoms with Crippen molar-refractivity contribution >= 4 is 28.1 Å². The normalized spacial score (nSPS) is 13.6. The van der Waals surface area contributed by atoms with Crippen LogP contribution in [0.25, 0.3) is 0 Å². The fraction of sp³-hybridized carbons (Fsp3) is 0.400. The minimum absolute atomic E-state index is 0.162. The Balaban J connectivity index is 1.78. The highest BCUT2D eigenvalue weighted by atomic mass is 32.1. The molecule has 0 aliphatic heterocycles. The van der Waals surface area contributed by atoms with E-state index in [4.69, 9.17) is 0 Å². The van der Waals surface area contributed by atoms with Gasteiger partial charge in [0.1, 0.15) is 0 Å². The third kappa shape index (κ3) is 3.05. The number of nitrogens with zero attached hydrogens (tertiary/aromatic N) is 2. The van der Waals surface area contributed by atoms with E-state index in [2.05, 4.69) is 20.6 Å². The van der Waals surface area contributed by atoms with E-state index in [0.717, 1.165) is 30.8 Å². The van der Waals surface area contributed by atoms with E-state index < -0.39 is 0 Å². The van der Waals surface area contributed by atoms with E-state index in [0.29, 0.717) is 10.7 Å². The van der Waals surface area contributed by atoms with Gasteiger partial charge in [-0.15, -0.1) is 11.3 Å². The van der Waals surface area contributed by atoms with Crippen LogP contribution < -0.4 is 10.6 Å². The highest BCUT2D eigenvalue weighted by Crippen LogP contribution is 2.30. The van der Waals surface area contributed by atoms with Gasteiger partial charge in [0.05, 0.1) is 16.9 Å². The smallest absolute Gasteiger partial charge is 0.261 e. The van der Waals surface area contributed by atoms with Crippen molar-refractivity contribution in [1.29, 1.82) is 0 Å². The molecule has 21 heavy (non-hydrogen) atoms. The van der Waals surface area contributed by atoms with Crippen LogP contribution in [0.5, 0.6) is 0 Å². The summed E-state index contributed by atoms with van der Waals surface area (Å²) in [6.07, 6.45) is 7.78. The summed E-state index contributed by atoms with van der Waals surface area (Å²) in [5.41, 5.74) is 2.50. The van der Waals surface area contributed by atoms with E-state index in [1.807, 2.05) is 13.0 Å². The van der Waals surface area contributed by atoms with Gasteiger partial charge in [-0.25, -0.2) is 4.98 Å². The van der Waals surface area contributed by atoms with Crippen molar-refractivity contribution < 1.29 is 4.79 Å². The van der Waals surface area contributed by atoms with Crippen molar-refractivity contribution in [3.05, 3.63) is 34.6 Å². The van der Waals surface area contributed by atoms with Gasteiger partial charge in [-0.3, -0.25) is 15.1 Å². The molecular formula is C15H18N4OS. The monoisotopic (exact) mass is 302 g/mol. The molecule has 1 aliphatic rings. The van der Waals surface area contributed by atoms with Crippen LogP contribution in [0.3, 0.4) is 0 Å². The zero-order chi connectivity index (χ0) is 14.7. The predicted molar refractivity (Wildman–Crippen MR) is 85.1 cm³/mol. The second kappa shape index (κ2) is 6.22. The largest absolute Gasteiger partial charge is 0.385 e. The van der Waals surface area contributed by atoms with Crippen molar-refractivity contribution in [2.24, 2.45) is 0 Å². The lowest BCUT2D eigenvalue weighted by Gasteiger charge is -2.08. The first-order valence-electron chi connectivity index (χ1n) is 7.25. The zero-order valence-corrected chi connectivity index (χ0v) is 12.8. The summed E-state index contributed by atoms with van der Waals surface area (Å²) in [7, 11) is 0. The molecule has 3 rings (SSSR count). The van der Waals surface area contributed by atoms with Crippen LogP contribution in [0.4, 0.5) is 10.8 Å². The van der Waals surface area contributed by atoms with Gasteiger partial charge in [0.2, 0.25) is 0 Å². The molecule has 2 N–H and O–H groups in total. The Morgan fingerprint density at radius 2 is 2.24 bits per heavy atom. The summed E-state index contributed by atoms with van der Waals surface area (Å²) in [5, 5.41) is 6.77. The third-order valence-electron chi connectivity index (χ3n) is 3.50. The number of rotatable bonds is 4. The van der Waals surface area contributed by atoms with Crippen molar-refractivity contribution in [3.63, 3.8) is 0 Å². The maximum Gasteiger partial charge on any atom is 0.261 e. The Labute approximate surface area is 127 Å². The maximum atomic E-state index is 12.4. The summed E-state index contributed by atoms with van der Waals surface area (Å²) in [4.78, 5) is 22.3. The first-order chi connectivity index (χ1) is 10.3. The quantitative estimate of drug-likeness (QED) is 0.910. The predicted octanol–water partition coefficient (Wildman–Crippen LogP) is 3.10. The number of anilines is 2. The summed E-state index contributed by atoms with van der Waals surface area (Å²) >= 11 is 1.59. The minimum atomic E-state index is -0.162. The number of aryl methyl sites for hydroxylation is 2. The van der Waals surface area contributed by atoms with Gasteiger partial charge in [0.25, 0.3) is 5.91 Å². The molecule has 6 heteroatoms. The van der Waals surface area contributed by atoms with Crippen molar-refractivity contribution in [2.75, 3.05) is 17.2 Å². The second-order valence-electron chi connectivity index (χ2n) is 5.00. The molecule has 2 aromatic heterocycles. The number of nitrogens with one attached hydrogen (secondary N) is 2. The van der Waals surface area contributed by atoms with Crippen LogP contribution in [0.2, 0.25) is 0 Å². The number of fused-ring (bicyclic) bond motifs is 1. The first kappa shape index (κ1) is 14.0. The van der Waals surface area contributed by atoms with Gasteiger partial charge < -0.3 is 5.32 Å². The van der Waals surface area contributed by atoms with Gasteiger partial charge in [0, 0.05) is 23.8 Å². The molecule has 0 unspecified atom stereocenters. The van der Waals surface area contributed by atoms with Crippen LogP contribution in [0.1, 0.15) is 40.7 Å². The van der Waals surface area contributed by atoms with Crippen LogP contribution in [-0.4, -0.2) is 22.4 Å². The van der Waals surface area contributed by atoms with Gasteiger partial charge >= 0.3 is 0 Å². The summed E-state index contributed by atoms with van der Waals surface area (Å²) in [6.45, 7) is 2.76. The Morgan fingerprint density at radius 3 is 3.05 bits per heavy atom. The molecular weight excluding hydrogens is 284 g/mol. The minimum Gasteiger partial charge on any atom is -0.385 e.